The average Bonchev–Trinajstić information content (AvgIpc) is 2.41. The minimum atomic E-state index is 0.681. The van der Waals surface area contributed by atoms with Gasteiger partial charge in [-0.05, 0) is 43.8 Å². The first-order valence-corrected chi connectivity index (χ1v) is 6.57. The van der Waals surface area contributed by atoms with Gasteiger partial charge in [0.25, 0.3) is 0 Å². The van der Waals surface area contributed by atoms with Crippen molar-refractivity contribution in [3.05, 3.63) is 35.5 Å². The van der Waals surface area contributed by atoms with Crippen molar-refractivity contribution in [3.8, 4) is 5.75 Å². The van der Waals surface area contributed by atoms with Crippen molar-refractivity contribution in [3.63, 3.8) is 0 Å². The molecule has 0 aliphatic rings. The van der Waals surface area contributed by atoms with Crippen LogP contribution in [-0.2, 0) is 0 Å². The number of nitrogens with one attached hydrogen (secondary N) is 1. The standard InChI is InChI=1S/C14H17ClN2O/c1-2-16-8-4-10-18-13-7-6-12(15)11-5-3-9-17-14(11)13/h3,5-7,9,16H,2,4,8,10H2,1H3. The topological polar surface area (TPSA) is 34.1 Å². The lowest BCUT2D eigenvalue weighted by atomic mass is 10.2. The van der Waals surface area contributed by atoms with Crippen molar-refractivity contribution in [1.82, 2.24) is 10.3 Å². The average molecular weight is 265 g/mol. The second-order valence-corrected chi connectivity index (χ2v) is 4.41. The number of pyridine rings is 1. The van der Waals surface area contributed by atoms with E-state index in [9.17, 15) is 0 Å². The van der Waals surface area contributed by atoms with Crippen molar-refractivity contribution in [2.45, 2.75) is 13.3 Å². The van der Waals surface area contributed by atoms with E-state index in [1.165, 1.54) is 0 Å². The molecule has 0 aliphatic carbocycles. The molecule has 0 bridgehead atoms. The quantitative estimate of drug-likeness (QED) is 0.813. The molecule has 1 heterocycles. The van der Waals surface area contributed by atoms with E-state index in [1.54, 1.807) is 6.20 Å². The van der Waals surface area contributed by atoms with Gasteiger partial charge >= 0.3 is 0 Å². The van der Waals surface area contributed by atoms with Crippen LogP contribution in [0.4, 0.5) is 0 Å². The molecule has 1 N–H and O–H groups in total. The third kappa shape index (κ3) is 3.12. The van der Waals surface area contributed by atoms with Crippen LogP contribution in [-0.4, -0.2) is 24.7 Å². The molecule has 96 valence electrons. The third-order valence-electron chi connectivity index (χ3n) is 2.68. The van der Waals surface area contributed by atoms with Gasteiger partial charge in [-0.2, -0.15) is 0 Å². The predicted octanol–water partition coefficient (Wildman–Crippen LogP) is 3.27. The van der Waals surface area contributed by atoms with Crippen LogP contribution in [0.25, 0.3) is 10.9 Å². The molecule has 0 fully saturated rings. The second kappa shape index (κ2) is 6.57. The largest absolute Gasteiger partial charge is 0.491 e. The summed E-state index contributed by atoms with van der Waals surface area (Å²) in [6, 6.07) is 7.56. The molecular formula is C14H17ClN2O. The number of ether oxygens (including phenoxy) is 1. The fraction of sp³-hybridized carbons (Fsp3) is 0.357. The molecule has 2 rings (SSSR count). The van der Waals surface area contributed by atoms with E-state index in [0.29, 0.717) is 11.6 Å². The first-order valence-electron chi connectivity index (χ1n) is 6.19. The fourth-order valence-corrected chi connectivity index (χ4v) is 2.00. The number of fused-ring (bicyclic) bond motifs is 1. The highest BCUT2D eigenvalue weighted by atomic mass is 35.5. The Balaban J connectivity index is 2.07. The fourth-order valence-electron chi connectivity index (χ4n) is 1.78. The normalized spacial score (nSPS) is 10.8. The van der Waals surface area contributed by atoms with E-state index in [2.05, 4.69) is 17.2 Å². The van der Waals surface area contributed by atoms with Crippen LogP contribution in [0.15, 0.2) is 30.5 Å². The van der Waals surface area contributed by atoms with Crippen LogP contribution in [0.5, 0.6) is 5.75 Å². The van der Waals surface area contributed by atoms with Crippen LogP contribution in [0.2, 0.25) is 5.02 Å². The van der Waals surface area contributed by atoms with E-state index in [-0.39, 0.29) is 0 Å². The Labute approximate surface area is 112 Å². The number of hydrogen-bond donors (Lipinski definition) is 1. The summed E-state index contributed by atoms with van der Waals surface area (Å²) in [4.78, 5) is 4.33. The Hall–Kier alpha value is -1.32. The minimum absolute atomic E-state index is 0.681. The van der Waals surface area contributed by atoms with Crippen molar-refractivity contribution in [2.75, 3.05) is 19.7 Å². The van der Waals surface area contributed by atoms with E-state index in [4.69, 9.17) is 16.3 Å². The lowest BCUT2D eigenvalue weighted by molar-refractivity contribution is 0.311. The number of benzene rings is 1. The summed E-state index contributed by atoms with van der Waals surface area (Å²) in [7, 11) is 0. The number of halogens is 1. The molecule has 0 saturated heterocycles. The second-order valence-electron chi connectivity index (χ2n) is 4.00. The number of rotatable bonds is 6. The van der Waals surface area contributed by atoms with E-state index >= 15 is 0 Å². The summed E-state index contributed by atoms with van der Waals surface area (Å²) >= 11 is 6.13. The van der Waals surface area contributed by atoms with Crippen molar-refractivity contribution < 1.29 is 4.74 Å². The van der Waals surface area contributed by atoms with Crippen LogP contribution in [0, 0.1) is 0 Å². The van der Waals surface area contributed by atoms with Gasteiger partial charge < -0.3 is 10.1 Å². The zero-order valence-electron chi connectivity index (χ0n) is 10.4. The molecule has 0 aliphatic heterocycles. The van der Waals surface area contributed by atoms with Gasteiger partial charge in [-0.3, -0.25) is 4.98 Å². The van der Waals surface area contributed by atoms with Crippen LogP contribution in [0.1, 0.15) is 13.3 Å². The Morgan fingerprint density at radius 2 is 2.22 bits per heavy atom. The van der Waals surface area contributed by atoms with Gasteiger partial charge in [-0.15, -0.1) is 0 Å². The monoisotopic (exact) mass is 264 g/mol. The summed E-state index contributed by atoms with van der Waals surface area (Å²) < 4.78 is 5.76. The summed E-state index contributed by atoms with van der Waals surface area (Å²) in [5.74, 6) is 0.798. The van der Waals surface area contributed by atoms with Crippen molar-refractivity contribution in [2.24, 2.45) is 0 Å². The van der Waals surface area contributed by atoms with E-state index < -0.39 is 0 Å². The molecular weight excluding hydrogens is 248 g/mol. The SMILES string of the molecule is CCNCCCOc1ccc(Cl)c2cccnc12. The van der Waals surface area contributed by atoms with Gasteiger partial charge in [0.2, 0.25) is 0 Å². The van der Waals surface area contributed by atoms with Crippen LogP contribution in [0.3, 0.4) is 0 Å². The molecule has 1 aromatic carbocycles. The van der Waals surface area contributed by atoms with Crippen LogP contribution < -0.4 is 10.1 Å². The molecule has 18 heavy (non-hydrogen) atoms. The Morgan fingerprint density at radius 3 is 3.06 bits per heavy atom. The van der Waals surface area contributed by atoms with Gasteiger partial charge in [0.05, 0.1) is 11.6 Å². The molecule has 4 heteroatoms. The third-order valence-corrected chi connectivity index (χ3v) is 3.01. The molecule has 0 spiro atoms. The minimum Gasteiger partial charge on any atom is -0.491 e. The van der Waals surface area contributed by atoms with Crippen LogP contribution >= 0.6 is 11.6 Å². The molecule has 0 radical (unpaired) electrons. The summed E-state index contributed by atoms with van der Waals surface area (Å²) in [5.41, 5.74) is 0.827. The zero-order valence-corrected chi connectivity index (χ0v) is 11.2. The Kier molecular flexibility index (Phi) is 4.79. The number of hydrogen-bond acceptors (Lipinski definition) is 3. The summed E-state index contributed by atoms with van der Waals surface area (Å²) in [5, 5.41) is 4.90. The lowest BCUT2D eigenvalue weighted by Crippen LogP contribution is -2.16. The van der Waals surface area contributed by atoms with Gasteiger partial charge in [0.15, 0.2) is 0 Å². The maximum Gasteiger partial charge on any atom is 0.145 e. The zero-order chi connectivity index (χ0) is 12.8. The highest BCUT2D eigenvalue weighted by Crippen LogP contribution is 2.29. The van der Waals surface area contributed by atoms with Gasteiger partial charge in [0, 0.05) is 11.6 Å². The molecule has 1 aromatic heterocycles. The van der Waals surface area contributed by atoms with E-state index in [1.807, 2.05) is 24.3 Å². The maximum absolute atomic E-state index is 6.13. The highest BCUT2D eigenvalue weighted by Gasteiger charge is 2.06. The summed E-state index contributed by atoms with van der Waals surface area (Å²) in [6.07, 6.45) is 2.73. The Bertz CT molecular complexity index is 516. The highest BCUT2D eigenvalue weighted by molar-refractivity contribution is 6.35. The molecule has 0 saturated carbocycles. The molecule has 0 amide bonds. The van der Waals surface area contributed by atoms with Gasteiger partial charge in [0.1, 0.15) is 11.3 Å². The first kappa shape index (κ1) is 13.1. The van der Waals surface area contributed by atoms with Crippen molar-refractivity contribution in [1.29, 1.82) is 0 Å². The Morgan fingerprint density at radius 1 is 1.33 bits per heavy atom. The number of aromatic nitrogens is 1. The lowest BCUT2D eigenvalue weighted by Gasteiger charge is -2.09. The molecule has 2 aromatic rings. The first-order chi connectivity index (χ1) is 8.83. The molecule has 3 nitrogen and oxygen atoms in total. The van der Waals surface area contributed by atoms with Crippen molar-refractivity contribution >= 4 is 22.5 Å². The van der Waals surface area contributed by atoms with Gasteiger partial charge in [-0.25, -0.2) is 0 Å². The number of nitrogens with zero attached hydrogens (tertiary/aromatic N) is 1. The van der Waals surface area contributed by atoms with Gasteiger partial charge in [-0.1, -0.05) is 18.5 Å². The van der Waals surface area contributed by atoms with E-state index in [0.717, 1.165) is 36.2 Å². The molecule has 0 atom stereocenters. The summed E-state index contributed by atoms with van der Waals surface area (Å²) in [6.45, 7) is 4.73. The maximum atomic E-state index is 6.13. The smallest absolute Gasteiger partial charge is 0.145 e. The predicted molar refractivity (Wildman–Crippen MR) is 75.4 cm³/mol. The molecule has 0 unspecified atom stereocenters.